The van der Waals surface area contributed by atoms with Gasteiger partial charge in [-0.2, -0.15) is 0 Å². The predicted molar refractivity (Wildman–Crippen MR) is 106 cm³/mol. The molecule has 28 heavy (non-hydrogen) atoms. The van der Waals surface area contributed by atoms with Crippen molar-refractivity contribution in [3.05, 3.63) is 90.3 Å². The fraction of sp³-hybridized carbons (Fsp3) is 0.143. The van der Waals surface area contributed by atoms with Gasteiger partial charge in [-0.3, -0.25) is 9.78 Å². The van der Waals surface area contributed by atoms with Crippen LogP contribution < -0.4 is 10.1 Å². The summed E-state index contributed by atoms with van der Waals surface area (Å²) in [4.78, 5) is 16.8. The van der Waals surface area contributed by atoms with Crippen molar-refractivity contribution in [2.24, 2.45) is 0 Å². The van der Waals surface area contributed by atoms with Crippen molar-refractivity contribution in [2.45, 2.75) is 10.1 Å². The molecule has 3 rings (SSSR count). The zero-order valence-corrected chi connectivity index (χ0v) is 16.1. The van der Waals surface area contributed by atoms with Gasteiger partial charge in [-0.1, -0.05) is 30.3 Å². The van der Waals surface area contributed by atoms with Crippen LogP contribution in [0.15, 0.2) is 84.0 Å². The molecule has 0 aliphatic heterocycles. The Hall–Kier alpha value is -3.19. The zero-order valence-electron chi connectivity index (χ0n) is 15.3. The van der Waals surface area contributed by atoms with Crippen LogP contribution in [0.3, 0.4) is 0 Å². The van der Waals surface area contributed by atoms with Crippen molar-refractivity contribution >= 4 is 15.7 Å². The van der Waals surface area contributed by atoms with E-state index in [0.29, 0.717) is 16.9 Å². The molecule has 0 unspecified atom stereocenters. The van der Waals surface area contributed by atoms with Gasteiger partial charge in [0.25, 0.3) is 5.91 Å². The average molecular weight is 396 g/mol. The number of methoxy groups -OCH3 is 1. The summed E-state index contributed by atoms with van der Waals surface area (Å²) in [5.41, 5.74) is 0.902. The molecule has 0 aliphatic carbocycles. The lowest BCUT2D eigenvalue weighted by atomic mass is 10.2. The third-order valence-electron chi connectivity index (χ3n) is 4.28. The number of aromatic nitrogens is 1. The number of sulfone groups is 1. The van der Waals surface area contributed by atoms with Crippen molar-refractivity contribution in [3.63, 3.8) is 0 Å². The van der Waals surface area contributed by atoms with Crippen LogP contribution in [-0.4, -0.2) is 33.0 Å². The van der Waals surface area contributed by atoms with Gasteiger partial charge < -0.3 is 10.1 Å². The summed E-state index contributed by atoms with van der Waals surface area (Å²) in [5.74, 6) is 0.171. The molecule has 6 nitrogen and oxygen atoms in total. The molecule has 144 valence electrons. The Morgan fingerprint density at radius 3 is 2.54 bits per heavy atom. The first kappa shape index (κ1) is 19.6. The van der Waals surface area contributed by atoms with Crippen molar-refractivity contribution in [3.8, 4) is 5.75 Å². The van der Waals surface area contributed by atoms with Gasteiger partial charge in [-0.15, -0.1) is 0 Å². The zero-order chi connectivity index (χ0) is 20.0. The van der Waals surface area contributed by atoms with Crippen molar-refractivity contribution in [1.29, 1.82) is 0 Å². The Labute approximate surface area is 164 Å². The summed E-state index contributed by atoms with van der Waals surface area (Å²) in [6, 6.07) is 18.2. The summed E-state index contributed by atoms with van der Waals surface area (Å²) < 4.78 is 31.5. The molecular formula is C21H20N2O4S. The molecule has 2 aromatic carbocycles. The molecular weight excluding hydrogens is 376 g/mol. The quantitative estimate of drug-likeness (QED) is 0.663. The topological polar surface area (TPSA) is 85.4 Å². The number of carbonyl (C=O) groups is 1. The van der Waals surface area contributed by atoms with Crippen LogP contribution in [0.1, 0.15) is 21.2 Å². The van der Waals surface area contributed by atoms with E-state index in [-0.39, 0.29) is 17.3 Å². The highest BCUT2D eigenvalue weighted by Gasteiger charge is 2.29. The number of pyridine rings is 1. The van der Waals surface area contributed by atoms with E-state index in [4.69, 9.17) is 4.74 Å². The number of rotatable bonds is 7. The highest BCUT2D eigenvalue weighted by Crippen LogP contribution is 2.28. The number of amides is 1. The molecule has 1 N–H and O–H groups in total. The molecule has 1 heterocycles. The smallest absolute Gasteiger partial charge is 0.251 e. The van der Waals surface area contributed by atoms with Gasteiger partial charge in [0.05, 0.1) is 12.0 Å². The highest BCUT2D eigenvalue weighted by atomic mass is 32.2. The minimum atomic E-state index is -3.72. The fourth-order valence-corrected chi connectivity index (χ4v) is 4.46. The number of nitrogens with zero attached hydrogens (tertiary/aromatic N) is 1. The van der Waals surface area contributed by atoms with Crippen molar-refractivity contribution in [2.75, 3.05) is 13.7 Å². The van der Waals surface area contributed by atoms with Crippen LogP contribution in [0.2, 0.25) is 0 Å². The average Bonchev–Trinajstić information content (AvgIpc) is 2.75. The lowest BCUT2D eigenvalue weighted by molar-refractivity contribution is 0.0953. The number of hydrogen-bond donors (Lipinski definition) is 1. The molecule has 1 amide bonds. The third-order valence-corrected chi connectivity index (χ3v) is 6.40. The summed E-state index contributed by atoms with van der Waals surface area (Å²) >= 11 is 0. The number of benzene rings is 2. The van der Waals surface area contributed by atoms with Crippen LogP contribution in [0.5, 0.6) is 5.75 Å². The summed E-state index contributed by atoms with van der Waals surface area (Å²) in [7, 11) is -2.21. The molecule has 7 heteroatoms. The summed E-state index contributed by atoms with van der Waals surface area (Å²) in [5, 5.41) is 1.76. The molecule has 0 radical (unpaired) electrons. The van der Waals surface area contributed by atoms with Gasteiger partial charge in [0.15, 0.2) is 9.84 Å². The van der Waals surface area contributed by atoms with Gasteiger partial charge >= 0.3 is 0 Å². The van der Waals surface area contributed by atoms with Crippen LogP contribution >= 0.6 is 0 Å². The monoisotopic (exact) mass is 396 g/mol. The first-order valence-electron chi connectivity index (χ1n) is 8.63. The Morgan fingerprint density at radius 1 is 1.07 bits per heavy atom. The molecule has 0 spiro atoms. The first-order chi connectivity index (χ1) is 13.5. The van der Waals surface area contributed by atoms with Gasteiger partial charge in [-0.25, -0.2) is 8.42 Å². The normalized spacial score (nSPS) is 12.2. The van der Waals surface area contributed by atoms with Crippen molar-refractivity contribution in [1.82, 2.24) is 10.3 Å². The molecule has 0 aliphatic rings. The van der Waals surface area contributed by atoms with E-state index in [1.807, 2.05) is 0 Å². The molecule has 0 fully saturated rings. The minimum absolute atomic E-state index is 0.0844. The molecule has 3 aromatic rings. The van der Waals surface area contributed by atoms with E-state index < -0.39 is 15.1 Å². The van der Waals surface area contributed by atoms with E-state index in [1.165, 1.54) is 13.3 Å². The predicted octanol–water partition coefficient (Wildman–Crippen LogP) is 3.04. The Kier molecular flexibility index (Phi) is 6.06. The minimum Gasteiger partial charge on any atom is -0.497 e. The number of carbonyl (C=O) groups excluding carboxylic acids is 1. The SMILES string of the molecule is COc1cccc(C(=O)NC[C@@H](c2cccnc2)S(=O)(=O)c2ccccc2)c1. The summed E-state index contributed by atoms with van der Waals surface area (Å²) in [6.45, 7) is -0.0844. The number of hydrogen-bond acceptors (Lipinski definition) is 5. The van der Waals surface area contributed by atoms with Crippen LogP contribution in [-0.2, 0) is 9.84 Å². The maximum atomic E-state index is 13.2. The van der Waals surface area contributed by atoms with Gasteiger partial charge in [-0.05, 0) is 42.0 Å². The lowest BCUT2D eigenvalue weighted by Gasteiger charge is -2.19. The Balaban J connectivity index is 1.87. The summed E-state index contributed by atoms with van der Waals surface area (Å²) in [6.07, 6.45) is 3.08. The maximum absolute atomic E-state index is 13.2. The lowest BCUT2D eigenvalue weighted by Crippen LogP contribution is -2.32. The van der Waals surface area contributed by atoms with Gasteiger partial charge in [0, 0.05) is 24.5 Å². The van der Waals surface area contributed by atoms with Gasteiger partial charge in [0.1, 0.15) is 11.0 Å². The van der Waals surface area contributed by atoms with Crippen LogP contribution in [0.4, 0.5) is 0 Å². The molecule has 1 aromatic heterocycles. The van der Waals surface area contributed by atoms with Crippen LogP contribution in [0, 0.1) is 0 Å². The van der Waals surface area contributed by atoms with E-state index in [2.05, 4.69) is 10.3 Å². The van der Waals surface area contributed by atoms with E-state index >= 15 is 0 Å². The van der Waals surface area contributed by atoms with Gasteiger partial charge in [0.2, 0.25) is 0 Å². The van der Waals surface area contributed by atoms with Crippen molar-refractivity contribution < 1.29 is 17.9 Å². The largest absolute Gasteiger partial charge is 0.497 e. The van der Waals surface area contributed by atoms with E-state index in [9.17, 15) is 13.2 Å². The second-order valence-electron chi connectivity index (χ2n) is 6.08. The molecule has 0 bridgehead atoms. The van der Waals surface area contributed by atoms with E-state index in [0.717, 1.165) is 0 Å². The standard InChI is InChI=1S/C21H20N2O4S/c1-27-18-9-5-7-16(13-18)21(24)23-15-20(17-8-6-12-22-14-17)28(25,26)19-10-3-2-4-11-19/h2-14,20H,15H2,1H3,(H,23,24)/t20-/m0/s1. The van der Waals surface area contributed by atoms with E-state index in [1.54, 1.807) is 72.9 Å². The molecule has 0 saturated heterocycles. The fourth-order valence-electron chi connectivity index (χ4n) is 2.80. The number of ether oxygens (including phenoxy) is 1. The highest BCUT2D eigenvalue weighted by molar-refractivity contribution is 7.91. The second-order valence-corrected chi connectivity index (χ2v) is 8.21. The third kappa shape index (κ3) is 4.37. The Bertz CT molecular complexity index is 1040. The number of nitrogens with one attached hydrogen (secondary N) is 1. The Morgan fingerprint density at radius 2 is 1.86 bits per heavy atom. The molecule has 1 atom stereocenters. The van der Waals surface area contributed by atoms with Crippen LogP contribution in [0.25, 0.3) is 0 Å². The second kappa shape index (κ2) is 8.67. The maximum Gasteiger partial charge on any atom is 0.251 e. The molecule has 0 saturated carbocycles. The first-order valence-corrected chi connectivity index (χ1v) is 10.2.